The molecule has 0 saturated heterocycles. The van der Waals surface area contributed by atoms with E-state index in [-0.39, 0.29) is 18.2 Å². The molecule has 0 aliphatic carbocycles. The van der Waals surface area contributed by atoms with Crippen molar-refractivity contribution in [3.8, 4) is 5.75 Å². The molecule has 0 N–H and O–H groups in total. The Kier molecular flexibility index (Phi) is 3.64. The summed E-state index contributed by atoms with van der Waals surface area (Å²) in [6.07, 6.45) is 0. The van der Waals surface area contributed by atoms with E-state index in [1.165, 1.54) is 24.3 Å². The molecule has 0 aromatic heterocycles. The van der Waals surface area contributed by atoms with Gasteiger partial charge in [-0.2, -0.15) is 0 Å². The van der Waals surface area contributed by atoms with Crippen molar-refractivity contribution >= 4 is 12.6 Å². The number of halogens is 2. The van der Waals surface area contributed by atoms with Crippen molar-refractivity contribution < 1.29 is 13.5 Å². The van der Waals surface area contributed by atoms with E-state index in [1.807, 2.05) is 0 Å². The Morgan fingerprint density at radius 2 is 1.71 bits per heavy atom. The lowest BCUT2D eigenvalue weighted by Crippen LogP contribution is -1.97. The highest BCUT2D eigenvalue weighted by molar-refractivity contribution is 7.80. The van der Waals surface area contributed by atoms with Crippen LogP contribution >= 0.6 is 12.6 Å². The van der Waals surface area contributed by atoms with Gasteiger partial charge >= 0.3 is 0 Å². The van der Waals surface area contributed by atoms with Crippen molar-refractivity contribution in [2.75, 3.05) is 0 Å². The van der Waals surface area contributed by atoms with Crippen molar-refractivity contribution in [3.05, 3.63) is 59.7 Å². The van der Waals surface area contributed by atoms with Crippen LogP contribution in [-0.2, 0) is 6.61 Å². The molecule has 0 saturated carbocycles. The summed E-state index contributed by atoms with van der Waals surface area (Å²) in [5, 5.41) is 0. The summed E-state index contributed by atoms with van der Waals surface area (Å²) in [7, 11) is 0. The Hall–Kier alpha value is -1.55. The Morgan fingerprint density at radius 1 is 1.00 bits per heavy atom. The summed E-state index contributed by atoms with van der Waals surface area (Å²) in [5.74, 6) is -0.605. The molecule has 88 valence electrons. The van der Waals surface area contributed by atoms with E-state index in [1.54, 1.807) is 18.2 Å². The topological polar surface area (TPSA) is 9.23 Å². The molecule has 0 amide bonds. The van der Waals surface area contributed by atoms with E-state index in [2.05, 4.69) is 12.6 Å². The molecule has 0 aliphatic rings. The molecule has 0 atom stereocenters. The molecule has 17 heavy (non-hydrogen) atoms. The average molecular weight is 252 g/mol. The second-order valence-corrected chi connectivity index (χ2v) is 4.05. The van der Waals surface area contributed by atoms with E-state index in [9.17, 15) is 8.78 Å². The molecular weight excluding hydrogens is 242 g/mol. The minimum absolute atomic E-state index is 0.159. The highest BCUT2D eigenvalue weighted by Crippen LogP contribution is 2.21. The van der Waals surface area contributed by atoms with Crippen LogP contribution in [0.1, 0.15) is 5.56 Å². The number of rotatable bonds is 3. The van der Waals surface area contributed by atoms with Crippen LogP contribution in [0.2, 0.25) is 0 Å². The van der Waals surface area contributed by atoms with Crippen molar-refractivity contribution in [3.63, 3.8) is 0 Å². The second kappa shape index (κ2) is 5.19. The first-order valence-electron chi connectivity index (χ1n) is 5.01. The number of hydrogen-bond donors (Lipinski definition) is 1. The van der Waals surface area contributed by atoms with Crippen LogP contribution in [-0.4, -0.2) is 0 Å². The standard InChI is InChI=1S/C13H10F2OS/c14-10-3-1-9(2-4-10)8-16-13-6-5-11(17)7-12(13)15/h1-7,17H,8H2. The van der Waals surface area contributed by atoms with Crippen molar-refractivity contribution in [2.45, 2.75) is 11.5 Å². The minimum Gasteiger partial charge on any atom is -0.486 e. The SMILES string of the molecule is Fc1ccc(COc2ccc(S)cc2F)cc1. The monoisotopic (exact) mass is 252 g/mol. The van der Waals surface area contributed by atoms with Crippen LogP contribution in [0.3, 0.4) is 0 Å². The molecular formula is C13H10F2OS. The van der Waals surface area contributed by atoms with Crippen molar-refractivity contribution in [2.24, 2.45) is 0 Å². The van der Waals surface area contributed by atoms with Gasteiger partial charge in [0.25, 0.3) is 0 Å². The molecule has 0 bridgehead atoms. The highest BCUT2D eigenvalue weighted by atomic mass is 32.1. The van der Waals surface area contributed by atoms with Crippen molar-refractivity contribution in [1.82, 2.24) is 0 Å². The lowest BCUT2D eigenvalue weighted by Gasteiger charge is -2.07. The lowest BCUT2D eigenvalue weighted by atomic mass is 10.2. The molecule has 4 heteroatoms. The van der Waals surface area contributed by atoms with Crippen molar-refractivity contribution in [1.29, 1.82) is 0 Å². The minimum atomic E-state index is -0.459. The van der Waals surface area contributed by atoms with E-state index in [0.717, 1.165) is 5.56 Å². The number of hydrogen-bond acceptors (Lipinski definition) is 2. The summed E-state index contributed by atoms with van der Waals surface area (Å²) in [6, 6.07) is 10.3. The maximum Gasteiger partial charge on any atom is 0.166 e. The third-order valence-electron chi connectivity index (χ3n) is 2.22. The summed E-state index contributed by atoms with van der Waals surface area (Å²) in [5.41, 5.74) is 0.778. The first kappa shape index (κ1) is 11.9. The number of ether oxygens (including phenoxy) is 1. The normalized spacial score (nSPS) is 10.3. The zero-order valence-corrected chi connectivity index (χ0v) is 9.75. The fraction of sp³-hybridized carbons (Fsp3) is 0.0769. The summed E-state index contributed by atoms with van der Waals surface area (Å²) < 4.78 is 31.3. The predicted octanol–water partition coefficient (Wildman–Crippen LogP) is 3.83. The van der Waals surface area contributed by atoms with Gasteiger partial charge in [-0.15, -0.1) is 12.6 Å². The maximum absolute atomic E-state index is 13.4. The van der Waals surface area contributed by atoms with Crippen LogP contribution in [0, 0.1) is 11.6 Å². The molecule has 0 aliphatic heterocycles. The molecule has 2 aromatic rings. The van der Waals surface area contributed by atoms with Crippen LogP contribution in [0.15, 0.2) is 47.4 Å². The Morgan fingerprint density at radius 3 is 2.35 bits per heavy atom. The quantitative estimate of drug-likeness (QED) is 0.817. The van der Waals surface area contributed by atoms with Crippen LogP contribution in [0.5, 0.6) is 5.75 Å². The van der Waals surface area contributed by atoms with Gasteiger partial charge in [0.1, 0.15) is 12.4 Å². The first-order valence-corrected chi connectivity index (χ1v) is 5.45. The third-order valence-corrected chi connectivity index (χ3v) is 2.50. The predicted molar refractivity (Wildman–Crippen MR) is 64.4 cm³/mol. The fourth-order valence-corrected chi connectivity index (χ4v) is 1.54. The van der Waals surface area contributed by atoms with Crippen LogP contribution < -0.4 is 4.74 Å². The Labute approximate surface area is 103 Å². The van der Waals surface area contributed by atoms with Gasteiger partial charge in [0.15, 0.2) is 11.6 Å². The molecule has 2 rings (SSSR count). The third kappa shape index (κ3) is 3.20. The maximum atomic E-state index is 13.4. The molecule has 0 heterocycles. The van der Waals surface area contributed by atoms with Gasteiger partial charge < -0.3 is 4.74 Å². The zero-order chi connectivity index (χ0) is 12.3. The van der Waals surface area contributed by atoms with Gasteiger partial charge in [-0.3, -0.25) is 0 Å². The van der Waals surface area contributed by atoms with Crippen LogP contribution in [0.4, 0.5) is 8.78 Å². The second-order valence-electron chi connectivity index (χ2n) is 3.53. The van der Waals surface area contributed by atoms with E-state index >= 15 is 0 Å². The zero-order valence-electron chi connectivity index (χ0n) is 8.86. The Balaban J connectivity index is 2.04. The molecule has 0 spiro atoms. The first-order chi connectivity index (χ1) is 8.15. The largest absolute Gasteiger partial charge is 0.486 e. The van der Waals surface area contributed by atoms with Gasteiger partial charge in [0.2, 0.25) is 0 Å². The molecule has 1 nitrogen and oxygen atoms in total. The smallest absolute Gasteiger partial charge is 0.166 e. The summed E-state index contributed by atoms with van der Waals surface area (Å²) in [4.78, 5) is 0.539. The molecule has 0 unspecified atom stereocenters. The number of benzene rings is 2. The molecule has 0 radical (unpaired) electrons. The number of thiol groups is 1. The van der Waals surface area contributed by atoms with Gasteiger partial charge in [-0.25, -0.2) is 8.78 Å². The lowest BCUT2D eigenvalue weighted by molar-refractivity contribution is 0.290. The Bertz CT molecular complexity index is 511. The highest BCUT2D eigenvalue weighted by Gasteiger charge is 2.03. The molecule has 2 aromatic carbocycles. The van der Waals surface area contributed by atoms with Gasteiger partial charge in [-0.05, 0) is 35.9 Å². The van der Waals surface area contributed by atoms with Gasteiger partial charge in [-0.1, -0.05) is 12.1 Å². The van der Waals surface area contributed by atoms with Crippen LogP contribution in [0.25, 0.3) is 0 Å². The van der Waals surface area contributed by atoms with Gasteiger partial charge in [0, 0.05) is 4.90 Å². The summed E-state index contributed by atoms with van der Waals surface area (Å²) >= 11 is 4.01. The van der Waals surface area contributed by atoms with E-state index in [0.29, 0.717) is 4.90 Å². The molecule has 0 fully saturated rings. The van der Waals surface area contributed by atoms with E-state index < -0.39 is 5.82 Å². The van der Waals surface area contributed by atoms with E-state index in [4.69, 9.17) is 4.74 Å². The average Bonchev–Trinajstić information content (AvgIpc) is 2.30. The summed E-state index contributed by atoms with van der Waals surface area (Å²) in [6.45, 7) is 0.198. The van der Waals surface area contributed by atoms with Gasteiger partial charge in [0.05, 0.1) is 0 Å². The fourth-order valence-electron chi connectivity index (χ4n) is 1.35.